The molecule has 0 amide bonds. The standard InChI is InChI=1S/C20H29N/c1-3-21(14-16-6-4-15(2)5-7-16)20-11-17-8-18(12-20)10-19(9-17)13-20/h4-7,17-19H,3,8-14H2,1-2H3. The van der Waals surface area contributed by atoms with Crippen LogP contribution in [0.15, 0.2) is 24.3 Å². The molecule has 4 aliphatic carbocycles. The topological polar surface area (TPSA) is 3.24 Å². The smallest absolute Gasteiger partial charge is 0.0239 e. The number of hydrogen-bond acceptors (Lipinski definition) is 1. The summed E-state index contributed by atoms with van der Waals surface area (Å²) < 4.78 is 0. The van der Waals surface area contributed by atoms with Crippen molar-refractivity contribution in [1.82, 2.24) is 4.90 Å². The third-order valence-electron chi connectivity index (χ3n) is 6.55. The maximum absolute atomic E-state index is 2.84. The quantitative estimate of drug-likeness (QED) is 0.768. The fourth-order valence-electron chi connectivity index (χ4n) is 5.98. The SMILES string of the molecule is CCN(Cc1ccc(C)cc1)C12CC3CC(CC(C3)C1)C2. The molecule has 0 saturated heterocycles. The van der Waals surface area contributed by atoms with E-state index in [0.717, 1.165) is 24.3 Å². The maximum Gasteiger partial charge on any atom is 0.0239 e. The molecule has 0 aromatic heterocycles. The van der Waals surface area contributed by atoms with Crippen molar-refractivity contribution in [1.29, 1.82) is 0 Å². The normalized spacial score (nSPS) is 37.4. The summed E-state index contributed by atoms with van der Waals surface area (Å²) in [7, 11) is 0. The summed E-state index contributed by atoms with van der Waals surface area (Å²) in [5.74, 6) is 3.13. The van der Waals surface area contributed by atoms with Crippen molar-refractivity contribution >= 4 is 0 Å². The van der Waals surface area contributed by atoms with Gasteiger partial charge in [0.05, 0.1) is 0 Å². The van der Waals surface area contributed by atoms with Gasteiger partial charge in [-0.1, -0.05) is 36.8 Å². The molecule has 1 aromatic rings. The Bertz CT molecular complexity index is 466. The van der Waals surface area contributed by atoms with Gasteiger partial charge in [0.25, 0.3) is 0 Å². The lowest BCUT2D eigenvalue weighted by molar-refractivity contribution is -0.0905. The van der Waals surface area contributed by atoms with Crippen LogP contribution in [-0.4, -0.2) is 17.0 Å². The van der Waals surface area contributed by atoms with Gasteiger partial charge < -0.3 is 0 Å². The summed E-state index contributed by atoms with van der Waals surface area (Å²) in [6, 6.07) is 9.20. The average molecular weight is 283 g/mol. The molecule has 4 saturated carbocycles. The van der Waals surface area contributed by atoms with Gasteiger partial charge in [-0.15, -0.1) is 0 Å². The van der Waals surface area contributed by atoms with Gasteiger partial charge in [0.1, 0.15) is 0 Å². The maximum atomic E-state index is 2.84. The van der Waals surface area contributed by atoms with Crippen LogP contribution in [0.3, 0.4) is 0 Å². The number of benzene rings is 1. The molecule has 0 spiro atoms. The highest BCUT2D eigenvalue weighted by Crippen LogP contribution is 2.57. The number of nitrogens with zero attached hydrogens (tertiary/aromatic N) is 1. The van der Waals surface area contributed by atoms with E-state index in [0.29, 0.717) is 5.54 Å². The van der Waals surface area contributed by atoms with Gasteiger partial charge in [-0.25, -0.2) is 0 Å². The van der Waals surface area contributed by atoms with Crippen molar-refractivity contribution < 1.29 is 0 Å². The Morgan fingerprint density at radius 1 is 0.952 bits per heavy atom. The summed E-state index contributed by atoms with van der Waals surface area (Å²) in [5, 5.41) is 0. The summed E-state index contributed by atoms with van der Waals surface area (Å²) in [6.07, 6.45) is 9.08. The molecule has 1 nitrogen and oxygen atoms in total. The molecule has 0 aliphatic heterocycles. The molecule has 5 rings (SSSR count). The van der Waals surface area contributed by atoms with Crippen molar-refractivity contribution in [2.45, 2.75) is 64.5 Å². The molecule has 0 atom stereocenters. The highest BCUT2D eigenvalue weighted by molar-refractivity contribution is 5.22. The predicted molar refractivity (Wildman–Crippen MR) is 88.2 cm³/mol. The minimum atomic E-state index is 0.550. The van der Waals surface area contributed by atoms with Crippen molar-refractivity contribution in [3.05, 3.63) is 35.4 Å². The Kier molecular flexibility index (Phi) is 3.37. The second-order valence-corrected chi connectivity index (χ2v) is 8.14. The lowest BCUT2D eigenvalue weighted by Gasteiger charge is -2.60. The number of aryl methyl sites for hydroxylation is 1. The van der Waals surface area contributed by atoms with E-state index in [-0.39, 0.29) is 0 Å². The molecule has 0 heterocycles. The molecule has 21 heavy (non-hydrogen) atoms. The van der Waals surface area contributed by atoms with E-state index in [9.17, 15) is 0 Å². The van der Waals surface area contributed by atoms with Gasteiger partial charge in [-0.05, 0) is 75.3 Å². The average Bonchev–Trinajstić information content (AvgIpc) is 2.45. The first kappa shape index (κ1) is 13.8. The molecule has 4 fully saturated rings. The highest BCUT2D eigenvalue weighted by Gasteiger charge is 2.52. The van der Waals surface area contributed by atoms with E-state index in [4.69, 9.17) is 0 Å². The van der Waals surface area contributed by atoms with Crippen molar-refractivity contribution in [2.24, 2.45) is 17.8 Å². The molecule has 1 heteroatoms. The summed E-state index contributed by atoms with van der Waals surface area (Å²) in [6.45, 7) is 6.91. The van der Waals surface area contributed by atoms with Gasteiger partial charge in [-0.3, -0.25) is 4.90 Å². The number of rotatable bonds is 4. The Labute approximate surface area is 129 Å². The van der Waals surface area contributed by atoms with Crippen LogP contribution in [0.2, 0.25) is 0 Å². The van der Waals surface area contributed by atoms with Crippen LogP contribution in [0.25, 0.3) is 0 Å². The van der Waals surface area contributed by atoms with E-state index in [1.165, 1.54) is 36.9 Å². The summed E-state index contributed by atoms with van der Waals surface area (Å²) in [5.41, 5.74) is 3.42. The fourth-order valence-corrected chi connectivity index (χ4v) is 5.98. The molecule has 0 radical (unpaired) electrons. The van der Waals surface area contributed by atoms with Gasteiger partial charge in [0.2, 0.25) is 0 Å². The Balaban J connectivity index is 1.56. The summed E-state index contributed by atoms with van der Waals surface area (Å²) >= 11 is 0. The van der Waals surface area contributed by atoms with Gasteiger partial charge >= 0.3 is 0 Å². The third kappa shape index (κ3) is 2.44. The molecular formula is C20H29N. The number of hydrogen-bond donors (Lipinski definition) is 0. The first-order chi connectivity index (χ1) is 10.2. The first-order valence-electron chi connectivity index (χ1n) is 8.97. The second kappa shape index (κ2) is 5.12. The zero-order chi connectivity index (χ0) is 14.4. The van der Waals surface area contributed by atoms with E-state index in [1.54, 1.807) is 19.3 Å². The van der Waals surface area contributed by atoms with Crippen molar-refractivity contribution in [2.75, 3.05) is 6.54 Å². The fraction of sp³-hybridized carbons (Fsp3) is 0.700. The first-order valence-corrected chi connectivity index (χ1v) is 8.97. The zero-order valence-electron chi connectivity index (χ0n) is 13.6. The lowest BCUT2D eigenvalue weighted by atomic mass is 9.52. The second-order valence-electron chi connectivity index (χ2n) is 8.14. The van der Waals surface area contributed by atoms with Gasteiger partial charge in [-0.2, -0.15) is 0 Å². The minimum absolute atomic E-state index is 0.550. The molecule has 0 unspecified atom stereocenters. The van der Waals surface area contributed by atoms with Crippen LogP contribution in [0.4, 0.5) is 0 Å². The van der Waals surface area contributed by atoms with Crippen molar-refractivity contribution in [3.63, 3.8) is 0 Å². The van der Waals surface area contributed by atoms with Crippen LogP contribution >= 0.6 is 0 Å². The van der Waals surface area contributed by atoms with Crippen LogP contribution in [0.1, 0.15) is 56.6 Å². The molecular weight excluding hydrogens is 254 g/mol. The van der Waals surface area contributed by atoms with Crippen molar-refractivity contribution in [3.8, 4) is 0 Å². The van der Waals surface area contributed by atoms with Crippen LogP contribution < -0.4 is 0 Å². The highest BCUT2D eigenvalue weighted by atomic mass is 15.2. The van der Waals surface area contributed by atoms with Gasteiger partial charge in [0, 0.05) is 12.1 Å². The molecule has 4 aliphatic rings. The van der Waals surface area contributed by atoms with Crippen LogP contribution in [-0.2, 0) is 6.54 Å². The lowest BCUT2D eigenvalue weighted by Crippen LogP contribution is -2.59. The monoisotopic (exact) mass is 283 g/mol. The van der Waals surface area contributed by atoms with E-state index in [1.807, 2.05) is 0 Å². The molecule has 4 bridgehead atoms. The Morgan fingerprint density at radius 2 is 1.48 bits per heavy atom. The molecule has 1 aromatic carbocycles. The largest absolute Gasteiger partial charge is 0.294 e. The minimum Gasteiger partial charge on any atom is -0.294 e. The zero-order valence-corrected chi connectivity index (χ0v) is 13.6. The Hall–Kier alpha value is -0.820. The van der Waals surface area contributed by atoms with Crippen LogP contribution in [0, 0.1) is 24.7 Å². The van der Waals surface area contributed by atoms with E-state index < -0.39 is 0 Å². The third-order valence-corrected chi connectivity index (χ3v) is 6.55. The summed E-state index contributed by atoms with van der Waals surface area (Å²) in [4.78, 5) is 2.84. The Morgan fingerprint density at radius 3 is 1.95 bits per heavy atom. The van der Waals surface area contributed by atoms with E-state index in [2.05, 4.69) is 43.0 Å². The molecule has 0 N–H and O–H groups in total. The molecule has 114 valence electrons. The van der Waals surface area contributed by atoms with Crippen LogP contribution in [0.5, 0.6) is 0 Å². The van der Waals surface area contributed by atoms with Gasteiger partial charge in [0.15, 0.2) is 0 Å². The van der Waals surface area contributed by atoms with E-state index >= 15 is 0 Å². The predicted octanol–water partition coefficient (Wildman–Crippen LogP) is 4.79.